The maximum atomic E-state index is 14.2. The molecule has 0 unspecified atom stereocenters. The fourth-order valence-corrected chi connectivity index (χ4v) is 2.94. The minimum absolute atomic E-state index is 0.164. The van der Waals surface area contributed by atoms with Gasteiger partial charge in [-0.1, -0.05) is 24.3 Å². The smallest absolute Gasteiger partial charge is 0.340 e. The van der Waals surface area contributed by atoms with Gasteiger partial charge < -0.3 is 4.90 Å². The molecule has 2 aromatic carbocycles. The maximum Gasteiger partial charge on any atom is 0.352 e. The quantitative estimate of drug-likeness (QED) is 0.647. The van der Waals surface area contributed by atoms with E-state index in [-0.39, 0.29) is 12.1 Å². The van der Waals surface area contributed by atoms with Crippen LogP contribution in [0.5, 0.6) is 0 Å². The minimum atomic E-state index is -0.853. The van der Waals surface area contributed by atoms with Crippen molar-refractivity contribution >= 4 is 5.91 Å². The Kier molecular flexibility index (Phi) is 5.96. The lowest BCUT2D eigenvalue weighted by atomic mass is 10.1. The van der Waals surface area contributed by atoms with Crippen LogP contribution in [0.15, 0.2) is 52.1 Å². The van der Waals surface area contributed by atoms with Gasteiger partial charge in [0.05, 0.1) is 12.2 Å². The average molecular weight is 410 g/mol. The van der Waals surface area contributed by atoms with Crippen molar-refractivity contribution in [3.05, 3.63) is 91.5 Å². The van der Waals surface area contributed by atoms with E-state index in [1.165, 1.54) is 30.1 Å². The van der Waals surface area contributed by atoms with Gasteiger partial charge in [0.25, 0.3) is 11.5 Å². The van der Waals surface area contributed by atoms with Gasteiger partial charge in [-0.3, -0.25) is 14.2 Å². The first kappa shape index (κ1) is 21.2. The number of amides is 1. The number of nitrogens with zero attached hydrogens (tertiary/aromatic N) is 4. The van der Waals surface area contributed by atoms with E-state index in [1.807, 2.05) is 19.9 Å². The van der Waals surface area contributed by atoms with E-state index >= 15 is 0 Å². The van der Waals surface area contributed by atoms with Crippen LogP contribution in [0.3, 0.4) is 0 Å². The van der Waals surface area contributed by atoms with Crippen molar-refractivity contribution in [2.75, 3.05) is 13.6 Å². The van der Waals surface area contributed by atoms with E-state index in [0.29, 0.717) is 12.2 Å². The molecule has 0 aliphatic carbocycles. The third-order valence-corrected chi connectivity index (χ3v) is 5.10. The molecule has 0 saturated heterocycles. The number of hydrogen-bond acceptors (Lipinski definition) is 4. The normalized spacial score (nSPS) is 10.8. The summed E-state index contributed by atoms with van der Waals surface area (Å²) in [7, 11) is 1.54. The molecule has 156 valence electrons. The summed E-state index contributed by atoms with van der Waals surface area (Å²) in [4.78, 5) is 40.2. The van der Waals surface area contributed by atoms with Gasteiger partial charge in [-0.2, -0.15) is 9.78 Å². The van der Waals surface area contributed by atoms with E-state index in [9.17, 15) is 18.8 Å². The van der Waals surface area contributed by atoms with Gasteiger partial charge in [0.15, 0.2) is 0 Å². The standard InChI is InChI=1S/C22H23FN4O3/c1-5-25(4)20(28)19-21(29)26(13-16-8-6-7-9-18(16)23)22(30)27(24-19)17-11-10-14(2)15(3)12-17/h6-12H,5,13H2,1-4H3. The lowest BCUT2D eigenvalue weighted by Crippen LogP contribution is -2.46. The second kappa shape index (κ2) is 8.44. The summed E-state index contributed by atoms with van der Waals surface area (Å²) in [5, 5.41) is 4.09. The van der Waals surface area contributed by atoms with Crippen molar-refractivity contribution in [3.63, 3.8) is 0 Å². The van der Waals surface area contributed by atoms with E-state index in [4.69, 9.17) is 0 Å². The average Bonchev–Trinajstić information content (AvgIpc) is 2.73. The van der Waals surface area contributed by atoms with Crippen LogP contribution in [0.1, 0.15) is 34.1 Å². The highest BCUT2D eigenvalue weighted by atomic mass is 19.1. The zero-order valence-electron chi connectivity index (χ0n) is 17.3. The summed E-state index contributed by atoms with van der Waals surface area (Å²) < 4.78 is 16.1. The molecule has 3 aromatic rings. The Labute approximate surface area is 173 Å². The molecule has 1 aromatic heterocycles. The van der Waals surface area contributed by atoms with Gasteiger partial charge in [0.2, 0.25) is 5.69 Å². The van der Waals surface area contributed by atoms with Gasteiger partial charge in [-0.05, 0) is 50.1 Å². The van der Waals surface area contributed by atoms with E-state index in [0.717, 1.165) is 20.4 Å². The minimum Gasteiger partial charge on any atom is -0.340 e. The topological polar surface area (TPSA) is 77.2 Å². The molecular formula is C22H23FN4O3. The molecule has 0 atom stereocenters. The predicted molar refractivity (Wildman–Crippen MR) is 112 cm³/mol. The first-order chi connectivity index (χ1) is 14.2. The van der Waals surface area contributed by atoms with Crippen molar-refractivity contribution in [2.45, 2.75) is 27.3 Å². The van der Waals surface area contributed by atoms with Gasteiger partial charge in [0.1, 0.15) is 5.82 Å². The second-order valence-electron chi connectivity index (χ2n) is 7.11. The zero-order chi connectivity index (χ0) is 22.0. The van der Waals surface area contributed by atoms with Crippen LogP contribution < -0.4 is 11.2 Å². The first-order valence-electron chi connectivity index (χ1n) is 9.55. The number of carbonyl (C=O) groups is 1. The zero-order valence-corrected chi connectivity index (χ0v) is 17.3. The molecule has 0 bridgehead atoms. The fourth-order valence-electron chi connectivity index (χ4n) is 2.94. The van der Waals surface area contributed by atoms with Crippen LogP contribution in [-0.4, -0.2) is 38.7 Å². The largest absolute Gasteiger partial charge is 0.352 e. The number of carbonyl (C=O) groups excluding carboxylic acids is 1. The van der Waals surface area contributed by atoms with E-state index in [2.05, 4.69) is 5.10 Å². The van der Waals surface area contributed by atoms with E-state index < -0.39 is 28.7 Å². The van der Waals surface area contributed by atoms with E-state index in [1.54, 1.807) is 25.1 Å². The van der Waals surface area contributed by atoms with Crippen molar-refractivity contribution in [1.29, 1.82) is 0 Å². The third-order valence-electron chi connectivity index (χ3n) is 5.10. The van der Waals surface area contributed by atoms with Crippen LogP contribution in [-0.2, 0) is 6.54 Å². The lowest BCUT2D eigenvalue weighted by Gasteiger charge is -2.16. The molecule has 8 heteroatoms. The molecule has 30 heavy (non-hydrogen) atoms. The molecule has 0 saturated carbocycles. The summed E-state index contributed by atoms with van der Waals surface area (Å²) >= 11 is 0. The van der Waals surface area contributed by atoms with Crippen LogP contribution >= 0.6 is 0 Å². The monoisotopic (exact) mass is 410 g/mol. The van der Waals surface area contributed by atoms with Crippen molar-refractivity contribution in [2.24, 2.45) is 0 Å². The SMILES string of the molecule is CCN(C)C(=O)c1nn(-c2ccc(C)c(C)c2)c(=O)n(Cc2ccccc2F)c1=O. The Balaban J connectivity index is 2.28. The number of rotatable bonds is 5. The van der Waals surface area contributed by atoms with Gasteiger partial charge in [-0.25, -0.2) is 9.18 Å². The molecule has 1 amide bonds. The van der Waals surface area contributed by atoms with Gasteiger partial charge in [-0.15, -0.1) is 0 Å². The Morgan fingerprint density at radius 3 is 2.43 bits per heavy atom. The summed E-state index contributed by atoms with van der Waals surface area (Å²) in [5.41, 5.74) is 0.528. The molecule has 0 fully saturated rings. The second-order valence-corrected chi connectivity index (χ2v) is 7.11. The predicted octanol–water partition coefficient (Wildman–Crippen LogP) is 2.29. The summed E-state index contributed by atoms with van der Waals surface area (Å²) in [6.07, 6.45) is 0. The molecular weight excluding hydrogens is 387 g/mol. The number of benzene rings is 2. The lowest BCUT2D eigenvalue weighted by molar-refractivity contribution is 0.0791. The van der Waals surface area contributed by atoms with Crippen LogP contribution in [0.4, 0.5) is 4.39 Å². The summed E-state index contributed by atoms with van der Waals surface area (Å²) in [6.45, 7) is 5.62. The van der Waals surface area contributed by atoms with Crippen molar-refractivity contribution < 1.29 is 9.18 Å². The van der Waals surface area contributed by atoms with Gasteiger partial charge >= 0.3 is 5.69 Å². The number of hydrogen-bond donors (Lipinski definition) is 0. The highest BCUT2D eigenvalue weighted by Gasteiger charge is 2.23. The Morgan fingerprint density at radius 2 is 1.80 bits per heavy atom. The number of aromatic nitrogens is 3. The van der Waals surface area contributed by atoms with Crippen LogP contribution in [0.2, 0.25) is 0 Å². The number of halogens is 1. The first-order valence-corrected chi connectivity index (χ1v) is 9.55. The highest BCUT2D eigenvalue weighted by molar-refractivity contribution is 5.91. The summed E-state index contributed by atoms with van der Waals surface area (Å²) in [6, 6.07) is 11.1. The Morgan fingerprint density at radius 1 is 1.10 bits per heavy atom. The van der Waals surface area contributed by atoms with Crippen molar-refractivity contribution in [1.82, 2.24) is 19.2 Å². The fraction of sp³-hybridized carbons (Fsp3) is 0.273. The molecule has 0 N–H and O–H groups in total. The molecule has 0 aliphatic heterocycles. The third kappa shape index (κ3) is 3.94. The Hall–Kier alpha value is -3.55. The highest BCUT2D eigenvalue weighted by Crippen LogP contribution is 2.12. The maximum absolute atomic E-state index is 14.2. The van der Waals surface area contributed by atoms with Crippen LogP contribution in [0, 0.1) is 19.7 Å². The Bertz CT molecular complexity index is 1230. The molecule has 0 radical (unpaired) electrons. The summed E-state index contributed by atoms with van der Waals surface area (Å²) in [5.74, 6) is -1.15. The van der Waals surface area contributed by atoms with Crippen LogP contribution in [0.25, 0.3) is 5.69 Å². The molecule has 0 spiro atoms. The van der Waals surface area contributed by atoms with Crippen molar-refractivity contribution in [3.8, 4) is 5.69 Å². The molecule has 3 rings (SSSR count). The molecule has 7 nitrogen and oxygen atoms in total. The molecule has 0 aliphatic rings. The number of aryl methyl sites for hydroxylation is 2. The van der Waals surface area contributed by atoms with Gasteiger partial charge in [0, 0.05) is 19.2 Å². The molecule has 1 heterocycles.